The smallest absolute Gasteiger partial charge is 0.308 e. The van der Waals surface area contributed by atoms with Crippen LogP contribution >= 0.6 is 11.3 Å². The molecule has 146 valence electrons. The largest absolute Gasteiger partial charge is 0.493 e. The minimum atomic E-state index is -0.982. The molecule has 0 aliphatic heterocycles. The van der Waals surface area contributed by atoms with E-state index in [-0.39, 0.29) is 12.3 Å². The number of aliphatic carboxylic acids is 1. The van der Waals surface area contributed by atoms with Crippen molar-refractivity contribution in [3.05, 3.63) is 64.7 Å². The molecule has 0 saturated heterocycles. The molecule has 4 aromatic rings. The number of aromatic nitrogens is 2. The van der Waals surface area contributed by atoms with Crippen molar-refractivity contribution in [3.63, 3.8) is 0 Å². The van der Waals surface area contributed by atoms with Crippen LogP contribution in [-0.2, 0) is 4.79 Å². The minimum absolute atomic E-state index is 0.184. The van der Waals surface area contributed by atoms with Crippen LogP contribution in [0, 0.1) is 0 Å². The van der Waals surface area contributed by atoms with Gasteiger partial charge in [0.2, 0.25) is 5.82 Å². The van der Waals surface area contributed by atoms with Crippen LogP contribution < -0.4 is 4.74 Å². The lowest BCUT2D eigenvalue weighted by molar-refractivity contribution is -0.135. The fourth-order valence-corrected chi connectivity index (χ4v) is 3.73. The topological polar surface area (TPSA) is 85.5 Å². The third kappa shape index (κ3) is 4.05. The van der Waals surface area contributed by atoms with E-state index in [2.05, 4.69) is 10.1 Å². The van der Waals surface area contributed by atoms with Crippen LogP contribution in [0.3, 0.4) is 0 Å². The first-order chi connectivity index (χ1) is 14.2. The molecule has 0 unspecified atom stereocenters. The van der Waals surface area contributed by atoms with Crippen LogP contribution in [0.4, 0.5) is 0 Å². The maximum absolute atomic E-state index is 11.5. The van der Waals surface area contributed by atoms with Crippen LogP contribution in [-0.4, -0.2) is 27.8 Å². The fraction of sp³-hybridized carbons (Fsp3) is 0.136. The highest BCUT2D eigenvalue weighted by Crippen LogP contribution is 2.33. The van der Waals surface area contributed by atoms with Gasteiger partial charge in [-0.05, 0) is 41.3 Å². The van der Waals surface area contributed by atoms with E-state index < -0.39 is 5.97 Å². The van der Waals surface area contributed by atoms with E-state index in [0.29, 0.717) is 23.8 Å². The average Bonchev–Trinajstić information content (AvgIpc) is 3.40. The van der Waals surface area contributed by atoms with Crippen molar-refractivity contribution in [2.75, 3.05) is 6.61 Å². The predicted molar refractivity (Wildman–Crippen MR) is 113 cm³/mol. The molecule has 2 aromatic heterocycles. The van der Waals surface area contributed by atoms with Gasteiger partial charge in [0.1, 0.15) is 5.75 Å². The van der Waals surface area contributed by atoms with E-state index in [0.717, 1.165) is 21.9 Å². The second-order valence-electron chi connectivity index (χ2n) is 6.31. The molecule has 0 saturated carbocycles. The Bertz CT molecular complexity index is 1180. The molecular formula is C22H18N2O4S. The Balaban J connectivity index is 1.86. The Kier molecular flexibility index (Phi) is 5.39. The number of hydrogen-bond acceptors (Lipinski definition) is 6. The number of hydrogen-bond donors (Lipinski definition) is 1. The van der Waals surface area contributed by atoms with Crippen LogP contribution in [0.2, 0.25) is 0 Å². The number of nitrogens with zero attached hydrogens (tertiary/aromatic N) is 2. The molecular weight excluding hydrogens is 388 g/mol. The van der Waals surface area contributed by atoms with Gasteiger partial charge in [0.05, 0.1) is 13.0 Å². The van der Waals surface area contributed by atoms with Crippen LogP contribution in [0.5, 0.6) is 5.75 Å². The molecule has 0 aliphatic carbocycles. The summed E-state index contributed by atoms with van der Waals surface area (Å²) in [4.78, 5) is 15.9. The van der Waals surface area contributed by atoms with E-state index >= 15 is 0 Å². The van der Waals surface area contributed by atoms with E-state index in [1.807, 2.05) is 60.1 Å². The second kappa shape index (κ2) is 8.28. The number of carbonyl (C=O) groups is 1. The van der Waals surface area contributed by atoms with Gasteiger partial charge >= 0.3 is 5.97 Å². The number of benzene rings is 2. The molecule has 0 bridgehead atoms. The molecule has 0 aliphatic rings. The second-order valence-corrected chi connectivity index (χ2v) is 7.09. The molecule has 29 heavy (non-hydrogen) atoms. The number of carboxylic acid groups (broad SMARTS) is 1. The zero-order chi connectivity index (χ0) is 20.2. The highest BCUT2D eigenvalue weighted by molar-refractivity contribution is 7.08. The zero-order valence-electron chi connectivity index (χ0n) is 15.7. The van der Waals surface area contributed by atoms with Crippen molar-refractivity contribution < 1.29 is 19.2 Å². The molecule has 0 spiro atoms. The summed E-state index contributed by atoms with van der Waals surface area (Å²) < 4.78 is 11.2. The van der Waals surface area contributed by atoms with Crippen molar-refractivity contribution in [2.24, 2.45) is 0 Å². The number of ether oxygens (including phenoxy) is 1. The number of fused-ring (bicyclic) bond motifs is 1. The maximum Gasteiger partial charge on any atom is 0.308 e. The summed E-state index contributed by atoms with van der Waals surface area (Å²) in [5, 5.41) is 19.3. The van der Waals surface area contributed by atoms with Gasteiger partial charge in [-0.1, -0.05) is 35.5 Å². The molecule has 0 amide bonds. The standard InChI is InChI=1S/C22H18N2O4S/c1-2-27-19-8-7-14-5-3-4-6-17(14)18(19)11-16(12-20(25)26)22-23-21(24-28-22)15-9-10-29-13-15/h3-11,13H,2,12H2,1H3,(H,25,26)/b16-11+. The van der Waals surface area contributed by atoms with Crippen LogP contribution in [0.15, 0.2) is 57.7 Å². The third-order valence-electron chi connectivity index (χ3n) is 4.37. The van der Waals surface area contributed by atoms with Gasteiger partial charge in [0.15, 0.2) is 0 Å². The summed E-state index contributed by atoms with van der Waals surface area (Å²) in [6, 6.07) is 13.6. The first-order valence-corrected chi connectivity index (χ1v) is 10.0. The average molecular weight is 406 g/mol. The van der Waals surface area contributed by atoms with E-state index in [1.165, 1.54) is 11.3 Å². The first-order valence-electron chi connectivity index (χ1n) is 9.09. The van der Waals surface area contributed by atoms with Gasteiger partial charge in [-0.2, -0.15) is 16.3 Å². The Morgan fingerprint density at radius 2 is 2.10 bits per heavy atom. The van der Waals surface area contributed by atoms with Crippen molar-refractivity contribution in [1.82, 2.24) is 10.1 Å². The molecule has 1 N–H and O–H groups in total. The fourth-order valence-electron chi connectivity index (χ4n) is 3.09. The third-order valence-corrected chi connectivity index (χ3v) is 5.05. The van der Waals surface area contributed by atoms with Gasteiger partial charge in [0.25, 0.3) is 5.89 Å². The van der Waals surface area contributed by atoms with E-state index in [4.69, 9.17) is 9.26 Å². The summed E-state index contributed by atoms with van der Waals surface area (Å²) in [6.45, 7) is 2.41. The summed E-state index contributed by atoms with van der Waals surface area (Å²) in [5.41, 5.74) is 2.04. The molecule has 0 fully saturated rings. The zero-order valence-corrected chi connectivity index (χ0v) is 16.5. The number of carboxylic acids is 1. The van der Waals surface area contributed by atoms with Crippen molar-refractivity contribution in [3.8, 4) is 17.1 Å². The molecule has 7 heteroatoms. The Hall–Kier alpha value is -3.45. The first kappa shape index (κ1) is 18.9. The summed E-state index contributed by atoms with van der Waals surface area (Å²) in [5.74, 6) is 0.306. The lowest BCUT2D eigenvalue weighted by Gasteiger charge is -2.11. The minimum Gasteiger partial charge on any atom is -0.493 e. The SMILES string of the molecule is CCOc1ccc2ccccc2c1/C=C(\CC(=O)O)c1nc(-c2ccsc2)no1. The quantitative estimate of drug-likeness (QED) is 0.444. The van der Waals surface area contributed by atoms with Gasteiger partial charge in [-0.15, -0.1) is 0 Å². The van der Waals surface area contributed by atoms with Gasteiger partial charge < -0.3 is 14.4 Å². The monoisotopic (exact) mass is 406 g/mol. The molecule has 2 aromatic carbocycles. The molecule has 6 nitrogen and oxygen atoms in total. The summed E-state index contributed by atoms with van der Waals surface area (Å²) >= 11 is 1.53. The molecule has 2 heterocycles. The van der Waals surface area contributed by atoms with Gasteiger partial charge in [0, 0.05) is 22.1 Å². The van der Waals surface area contributed by atoms with Crippen molar-refractivity contribution in [1.29, 1.82) is 0 Å². The summed E-state index contributed by atoms with van der Waals surface area (Å²) in [7, 11) is 0. The van der Waals surface area contributed by atoms with E-state index in [9.17, 15) is 9.90 Å². The van der Waals surface area contributed by atoms with Crippen molar-refractivity contribution in [2.45, 2.75) is 13.3 Å². The maximum atomic E-state index is 11.5. The van der Waals surface area contributed by atoms with Gasteiger partial charge in [-0.25, -0.2) is 0 Å². The lowest BCUT2D eigenvalue weighted by atomic mass is 10.00. The lowest BCUT2D eigenvalue weighted by Crippen LogP contribution is -1.99. The van der Waals surface area contributed by atoms with Crippen LogP contribution in [0.1, 0.15) is 24.8 Å². The summed E-state index contributed by atoms with van der Waals surface area (Å²) in [6.07, 6.45) is 1.52. The highest BCUT2D eigenvalue weighted by atomic mass is 32.1. The van der Waals surface area contributed by atoms with Crippen LogP contribution in [0.25, 0.3) is 33.8 Å². The Morgan fingerprint density at radius 3 is 2.86 bits per heavy atom. The van der Waals surface area contributed by atoms with E-state index in [1.54, 1.807) is 6.08 Å². The Labute approximate surface area is 171 Å². The molecule has 0 atom stereocenters. The molecule has 4 rings (SSSR count). The highest BCUT2D eigenvalue weighted by Gasteiger charge is 2.18. The normalized spacial score (nSPS) is 11.7. The number of rotatable bonds is 7. The van der Waals surface area contributed by atoms with Gasteiger partial charge in [-0.3, -0.25) is 4.79 Å². The Morgan fingerprint density at radius 1 is 1.24 bits per heavy atom. The molecule has 0 radical (unpaired) electrons. The predicted octanol–water partition coefficient (Wildman–Crippen LogP) is 5.37. The number of thiophene rings is 1. The van der Waals surface area contributed by atoms with Crippen molar-refractivity contribution >= 4 is 39.7 Å².